The summed E-state index contributed by atoms with van der Waals surface area (Å²) < 4.78 is 38.0. The Hall–Kier alpha value is -2.57. The molecular formula is C14H12F3N3O. The number of aromatic nitrogens is 1. The molecule has 3 N–H and O–H groups in total. The Morgan fingerprint density at radius 3 is 2.52 bits per heavy atom. The van der Waals surface area contributed by atoms with Crippen molar-refractivity contribution in [3.63, 3.8) is 0 Å². The summed E-state index contributed by atoms with van der Waals surface area (Å²) in [6, 6.07) is 5.89. The molecular weight excluding hydrogens is 283 g/mol. The number of halogens is 3. The van der Waals surface area contributed by atoms with Crippen LogP contribution in [0.15, 0.2) is 36.5 Å². The van der Waals surface area contributed by atoms with Crippen molar-refractivity contribution in [3.05, 3.63) is 53.3 Å². The summed E-state index contributed by atoms with van der Waals surface area (Å²) in [4.78, 5) is 16.0. The zero-order valence-corrected chi connectivity index (χ0v) is 11.0. The van der Waals surface area contributed by atoms with Gasteiger partial charge in [-0.15, -0.1) is 0 Å². The number of anilines is 2. The molecule has 0 aliphatic carbocycles. The van der Waals surface area contributed by atoms with Gasteiger partial charge < -0.3 is 11.1 Å². The Balaban J connectivity index is 2.28. The Morgan fingerprint density at radius 1 is 1.24 bits per heavy atom. The van der Waals surface area contributed by atoms with Gasteiger partial charge in [0, 0.05) is 11.4 Å². The van der Waals surface area contributed by atoms with Gasteiger partial charge in [0.05, 0.1) is 23.0 Å². The molecule has 0 unspecified atom stereocenters. The van der Waals surface area contributed by atoms with Gasteiger partial charge in [-0.2, -0.15) is 13.2 Å². The first-order valence-electron chi connectivity index (χ1n) is 5.98. The molecule has 1 aromatic heterocycles. The molecule has 0 saturated heterocycles. The second-order valence-electron chi connectivity index (χ2n) is 4.44. The predicted molar refractivity (Wildman–Crippen MR) is 72.8 cm³/mol. The first-order chi connectivity index (χ1) is 9.77. The number of benzene rings is 1. The largest absolute Gasteiger partial charge is 0.416 e. The zero-order valence-electron chi connectivity index (χ0n) is 11.0. The lowest BCUT2D eigenvalue weighted by Crippen LogP contribution is -2.16. The third-order valence-electron chi connectivity index (χ3n) is 2.79. The van der Waals surface area contributed by atoms with Crippen molar-refractivity contribution >= 4 is 17.3 Å². The molecule has 110 valence electrons. The van der Waals surface area contributed by atoms with Crippen LogP contribution in [0.5, 0.6) is 0 Å². The SMILES string of the molecule is Cc1ccc(NC(=O)c2cc(C(F)(F)F)ccc2N)cn1. The van der Waals surface area contributed by atoms with Crippen molar-refractivity contribution in [1.29, 1.82) is 0 Å². The van der Waals surface area contributed by atoms with E-state index in [0.29, 0.717) is 5.69 Å². The highest BCUT2D eigenvalue weighted by Crippen LogP contribution is 2.31. The van der Waals surface area contributed by atoms with Crippen LogP contribution in [-0.2, 0) is 6.18 Å². The molecule has 1 amide bonds. The normalized spacial score (nSPS) is 11.2. The number of rotatable bonds is 2. The van der Waals surface area contributed by atoms with E-state index >= 15 is 0 Å². The van der Waals surface area contributed by atoms with Crippen LogP contribution in [0.1, 0.15) is 21.6 Å². The van der Waals surface area contributed by atoms with Crippen LogP contribution >= 0.6 is 0 Å². The second kappa shape index (κ2) is 5.43. The molecule has 0 aliphatic rings. The van der Waals surface area contributed by atoms with Crippen molar-refractivity contribution in [2.75, 3.05) is 11.1 Å². The number of amides is 1. The lowest BCUT2D eigenvalue weighted by atomic mass is 10.1. The minimum Gasteiger partial charge on any atom is -0.398 e. The molecule has 7 heteroatoms. The van der Waals surface area contributed by atoms with Gasteiger partial charge in [-0.3, -0.25) is 9.78 Å². The molecule has 2 aromatic rings. The summed E-state index contributed by atoms with van der Waals surface area (Å²) >= 11 is 0. The second-order valence-corrected chi connectivity index (χ2v) is 4.44. The van der Waals surface area contributed by atoms with E-state index in [-0.39, 0.29) is 11.3 Å². The maximum absolute atomic E-state index is 12.7. The monoisotopic (exact) mass is 295 g/mol. The van der Waals surface area contributed by atoms with Gasteiger partial charge in [-0.1, -0.05) is 0 Å². The van der Waals surface area contributed by atoms with E-state index in [4.69, 9.17) is 5.73 Å². The van der Waals surface area contributed by atoms with E-state index in [1.54, 1.807) is 19.1 Å². The van der Waals surface area contributed by atoms with Crippen LogP contribution in [-0.4, -0.2) is 10.9 Å². The summed E-state index contributed by atoms with van der Waals surface area (Å²) in [5.41, 5.74) is 5.52. The number of hydrogen-bond acceptors (Lipinski definition) is 3. The molecule has 0 atom stereocenters. The lowest BCUT2D eigenvalue weighted by molar-refractivity contribution is -0.137. The number of carbonyl (C=O) groups is 1. The van der Waals surface area contributed by atoms with Crippen LogP contribution in [0.4, 0.5) is 24.5 Å². The van der Waals surface area contributed by atoms with Crippen LogP contribution in [0.25, 0.3) is 0 Å². The van der Waals surface area contributed by atoms with Crippen molar-refractivity contribution in [1.82, 2.24) is 4.98 Å². The van der Waals surface area contributed by atoms with E-state index in [0.717, 1.165) is 23.9 Å². The van der Waals surface area contributed by atoms with E-state index in [2.05, 4.69) is 10.3 Å². The van der Waals surface area contributed by atoms with Crippen molar-refractivity contribution < 1.29 is 18.0 Å². The summed E-state index contributed by atoms with van der Waals surface area (Å²) in [6.07, 6.45) is -3.12. The molecule has 0 aliphatic heterocycles. The standard InChI is InChI=1S/C14H12F3N3O/c1-8-2-4-10(7-19-8)20-13(21)11-6-9(14(15,16)17)3-5-12(11)18/h2-7H,18H2,1H3,(H,20,21). The highest BCUT2D eigenvalue weighted by molar-refractivity contribution is 6.07. The van der Waals surface area contributed by atoms with Crippen molar-refractivity contribution in [2.45, 2.75) is 13.1 Å². The number of nitrogens with two attached hydrogens (primary N) is 1. The molecule has 1 aromatic carbocycles. The lowest BCUT2D eigenvalue weighted by Gasteiger charge is -2.11. The van der Waals surface area contributed by atoms with Crippen LogP contribution in [0, 0.1) is 6.92 Å². The first kappa shape index (κ1) is 14.8. The number of carbonyl (C=O) groups excluding carboxylic acids is 1. The average Bonchev–Trinajstić information content (AvgIpc) is 2.40. The number of alkyl halides is 3. The summed E-state index contributed by atoms with van der Waals surface area (Å²) in [5.74, 6) is -0.718. The Bertz CT molecular complexity index is 666. The molecule has 0 saturated carbocycles. The van der Waals surface area contributed by atoms with Gasteiger partial charge in [-0.05, 0) is 37.3 Å². The maximum atomic E-state index is 12.7. The highest BCUT2D eigenvalue weighted by atomic mass is 19.4. The molecule has 0 bridgehead atoms. The van der Waals surface area contributed by atoms with Gasteiger partial charge in [-0.25, -0.2) is 0 Å². The molecule has 0 spiro atoms. The topological polar surface area (TPSA) is 68.0 Å². The third kappa shape index (κ3) is 3.50. The first-order valence-corrected chi connectivity index (χ1v) is 5.98. The number of hydrogen-bond donors (Lipinski definition) is 2. The van der Waals surface area contributed by atoms with Gasteiger partial charge in [0.25, 0.3) is 5.91 Å². The fourth-order valence-electron chi connectivity index (χ4n) is 1.67. The van der Waals surface area contributed by atoms with E-state index < -0.39 is 17.6 Å². The number of pyridine rings is 1. The average molecular weight is 295 g/mol. The quantitative estimate of drug-likeness (QED) is 0.836. The van der Waals surface area contributed by atoms with Crippen LogP contribution in [0.3, 0.4) is 0 Å². The van der Waals surface area contributed by atoms with E-state index in [1.165, 1.54) is 6.20 Å². The summed E-state index contributed by atoms with van der Waals surface area (Å²) in [5, 5.41) is 2.46. The molecule has 2 rings (SSSR count). The summed E-state index contributed by atoms with van der Waals surface area (Å²) in [6.45, 7) is 1.77. The number of nitrogens with zero attached hydrogens (tertiary/aromatic N) is 1. The van der Waals surface area contributed by atoms with Crippen molar-refractivity contribution in [3.8, 4) is 0 Å². The highest BCUT2D eigenvalue weighted by Gasteiger charge is 2.31. The van der Waals surface area contributed by atoms with Gasteiger partial charge in [0.2, 0.25) is 0 Å². The van der Waals surface area contributed by atoms with Crippen LogP contribution < -0.4 is 11.1 Å². The Morgan fingerprint density at radius 2 is 1.95 bits per heavy atom. The molecule has 0 radical (unpaired) electrons. The third-order valence-corrected chi connectivity index (χ3v) is 2.79. The van der Waals surface area contributed by atoms with Crippen LogP contribution in [0.2, 0.25) is 0 Å². The fourth-order valence-corrected chi connectivity index (χ4v) is 1.67. The van der Waals surface area contributed by atoms with E-state index in [9.17, 15) is 18.0 Å². The fraction of sp³-hybridized carbons (Fsp3) is 0.143. The smallest absolute Gasteiger partial charge is 0.398 e. The molecule has 4 nitrogen and oxygen atoms in total. The Labute approximate surface area is 118 Å². The predicted octanol–water partition coefficient (Wildman–Crippen LogP) is 3.24. The molecule has 1 heterocycles. The van der Waals surface area contributed by atoms with Gasteiger partial charge in [0.15, 0.2) is 0 Å². The summed E-state index contributed by atoms with van der Waals surface area (Å²) in [7, 11) is 0. The zero-order chi connectivity index (χ0) is 15.6. The number of nitrogens with one attached hydrogen (secondary N) is 1. The van der Waals surface area contributed by atoms with Gasteiger partial charge in [0.1, 0.15) is 0 Å². The van der Waals surface area contributed by atoms with Gasteiger partial charge >= 0.3 is 6.18 Å². The van der Waals surface area contributed by atoms with E-state index in [1.807, 2.05) is 0 Å². The number of aryl methyl sites for hydroxylation is 1. The minimum absolute atomic E-state index is 0.0272. The number of nitrogen functional groups attached to an aromatic ring is 1. The maximum Gasteiger partial charge on any atom is 0.416 e. The molecule has 0 fully saturated rings. The van der Waals surface area contributed by atoms with Crippen molar-refractivity contribution in [2.24, 2.45) is 0 Å². The minimum atomic E-state index is -4.53. The Kier molecular flexibility index (Phi) is 3.84. The molecule has 21 heavy (non-hydrogen) atoms.